The number of amides is 1. The van der Waals surface area contributed by atoms with Crippen LogP contribution in [0.1, 0.15) is 89.8 Å². The normalized spacial score (nSPS) is 11.8. The van der Waals surface area contributed by atoms with Crippen LogP contribution in [0.2, 0.25) is 0 Å². The number of carboxylic acid groups (broad SMARTS) is 1. The summed E-state index contributed by atoms with van der Waals surface area (Å²) < 4.78 is 6.14. The minimum atomic E-state index is -0.898. The quantitative estimate of drug-likeness (QED) is 0.153. The average Bonchev–Trinajstić information content (AvgIpc) is 2.99. The first kappa shape index (κ1) is 32.5. The van der Waals surface area contributed by atoms with Crippen molar-refractivity contribution in [1.82, 2.24) is 5.32 Å². The zero-order valence-corrected chi connectivity index (χ0v) is 26.7. The number of nitrogens with one attached hydrogen (secondary N) is 1. The van der Waals surface area contributed by atoms with E-state index in [9.17, 15) is 14.7 Å². The van der Waals surface area contributed by atoms with E-state index in [2.05, 4.69) is 107 Å². The fourth-order valence-corrected chi connectivity index (χ4v) is 5.63. The molecule has 4 aromatic carbocycles. The summed E-state index contributed by atoms with van der Waals surface area (Å²) in [7, 11) is 0. The molecule has 0 radical (unpaired) electrons. The van der Waals surface area contributed by atoms with Gasteiger partial charge in [-0.2, -0.15) is 0 Å². The predicted molar refractivity (Wildman–Crippen MR) is 178 cm³/mol. The molecule has 0 saturated heterocycles. The topological polar surface area (TPSA) is 75.6 Å². The average molecular weight is 592 g/mol. The number of aliphatic carboxylic acids is 1. The third-order valence-electron chi connectivity index (χ3n) is 7.78. The van der Waals surface area contributed by atoms with E-state index in [1.165, 1.54) is 11.1 Å². The van der Waals surface area contributed by atoms with E-state index in [-0.39, 0.29) is 24.8 Å². The van der Waals surface area contributed by atoms with Crippen LogP contribution < -0.4 is 10.1 Å². The molecule has 0 spiro atoms. The second-order valence-corrected chi connectivity index (χ2v) is 12.2. The number of aryl methyl sites for hydroxylation is 4. The molecule has 1 unspecified atom stereocenters. The van der Waals surface area contributed by atoms with Gasteiger partial charge in [-0.05, 0) is 84.5 Å². The molecule has 230 valence electrons. The minimum absolute atomic E-state index is 0.0549. The van der Waals surface area contributed by atoms with Gasteiger partial charge in [0.05, 0.1) is 6.04 Å². The maximum Gasteiger partial charge on any atom is 0.303 e. The van der Waals surface area contributed by atoms with Crippen LogP contribution in [-0.2, 0) is 24.2 Å². The maximum absolute atomic E-state index is 13.8. The number of hydrogen-bond acceptors (Lipinski definition) is 3. The van der Waals surface area contributed by atoms with Crippen LogP contribution >= 0.6 is 0 Å². The summed E-state index contributed by atoms with van der Waals surface area (Å²) in [5.41, 5.74) is 9.22. The monoisotopic (exact) mass is 591 g/mol. The Morgan fingerprint density at radius 1 is 0.795 bits per heavy atom. The number of benzene rings is 4. The lowest BCUT2D eigenvalue weighted by molar-refractivity contribution is -0.136. The Hall–Kier alpha value is -4.38. The van der Waals surface area contributed by atoms with E-state index >= 15 is 0 Å². The van der Waals surface area contributed by atoms with Crippen LogP contribution in [-0.4, -0.2) is 17.0 Å². The van der Waals surface area contributed by atoms with E-state index in [0.717, 1.165) is 47.1 Å². The molecule has 5 heteroatoms. The molecule has 0 aliphatic carbocycles. The second-order valence-electron chi connectivity index (χ2n) is 12.2. The molecule has 1 amide bonds. The Labute approximate surface area is 262 Å². The van der Waals surface area contributed by atoms with Crippen LogP contribution in [0.5, 0.6) is 5.75 Å². The largest absolute Gasteiger partial charge is 0.489 e. The molecular formula is C39H45NO4. The van der Waals surface area contributed by atoms with E-state index in [1.54, 1.807) is 6.07 Å². The number of carboxylic acids is 1. The van der Waals surface area contributed by atoms with Gasteiger partial charge in [-0.3, -0.25) is 9.59 Å². The van der Waals surface area contributed by atoms with Gasteiger partial charge in [0.15, 0.2) is 0 Å². The molecule has 0 saturated carbocycles. The summed E-state index contributed by atoms with van der Waals surface area (Å²) >= 11 is 0. The smallest absolute Gasteiger partial charge is 0.303 e. The molecule has 0 aliphatic rings. The third-order valence-corrected chi connectivity index (χ3v) is 7.78. The first-order valence-electron chi connectivity index (χ1n) is 15.7. The summed E-state index contributed by atoms with van der Waals surface area (Å²) in [5, 5.41) is 12.6. The van der Waals surface area contributed by atoms with Crippen molar-refractivity contribution in [2.45, 2.75) is 79.4 Å². The minimum Gasteiger partial charge on any atom is -0.489 e. The molecule has 0 bridgehead atoms. The van der Waals surface area contributed by atoms with Crippen LogP contribution in [0.3, 0.4) is 0 Å². The maximum atomic E-state index is 13.8. The molecular weight excluding hydrogens is 546 g/mol. The van der Waals surface area contributed by atoms with Crippen LogP contribution in [0.15, 0.2) is 84.9 Å². The molecule has 2 N–H and O–H groups in total. The van der Waals surface area contributed by atoms with Gasteiger partial charge in [-0.25, -0.2) is 0 Å². The van der Waals surface area contributed by atoms with E-state index < -0.39 is 5.97 Å². The van der Waals surface area contributed by atoms with Gasteiger partial charge < -0.3 is 15.2 Å². The first-order valence-corrected chi connectivity index (χ1v) is 15.7. The summed E-state index contributed by atoms with van der Waals surface area (Å²) in [6, 6.07) is 28.6. The van der Waals surface area contributed by atoms with Crippen molar-refractivity contribution >= 4 is 11.9 Å². The van der Waals surface area contributed by atoms with Gasteiger partial charge in [0, 0.05) is 12.0 Å². The molecule has 5 nitrogen and oxygen atoms in total. The number of rotatable bonds is 14. The molecule has 0 fully saturated rings. The molecule has 44 heavy (non-hydrogen) atoms. The van der Waals surface area contributed by atoms with Gasteiger partial charge >= 0.3 is 5.97 Å². The van der Waals surface area contributed by atoms with E-state index in [0.29, 0.717) is 29.4 Å². The second kappa shape index (κ2) is 15.4. The molecule has 4 aromatic rings. The fraction of sp³-hybridized carbons (Fsp3) is 0.333. The Kier molecular flexibility index (Phi) is 11.4. The van der Waals surface area contributed by atoms with Crippen molar-refractivity contribution in [3.8, 4) is 16.9 Å². The lowest BCUT2D eigenvalue weighted by Crippen LogP contribution is -2.30. The molecule has 0 aromatic heterocycles. The Bertz CT molecular complexity index is 1530. The summed E-state index contributed by atoms with van der Waals surface area (Å²) in [6.45, 7) is 11.0. The van der Waals surface area contributed by atoms with Gasteiger partial charge in [-0.15, -0.1) is 0 Å². The third kappa shape index (κ3) is 9.31. The Morgan fingerprint density at radius 3 is 1.98 bits per heavy atom. The Morgan fingerprint density at radius 2 is 1.41 bits per heavy atom. The molecule has 1 atom stereocenters. The number of carbonyl (C=O) groups excluding carboxylic acids is 1. The van der Waals surface area contributed by atoms with Crippen molar-refractivity contribution in [1.29, 1.82) is 0 Å². The van der Waals surface area contributed by atoms with Crippen LogP contribution in [0.4, 0.5) is 0 Å². The van der Waals surface area contributed by atoms with Gasteiger partial charge in [0.25, 0.3) is 5.91 Å². The summed E-state index contributed by atoms with van der Waals surface area (Å²) in [4.78, 5) is 25.1. The van der Waals surface area contributed by atoms with Gasteiger partial charge in [0.1, 0.15) is 12.4 Å². The summed E-state index contributed by atoms with van der Waals surface area (Å²) in [6.07, 6.45) is 3.22. The highest BCUT2D eigenvalue weighted by molar-refractivity contribution is 5.96. The molecule has 0 aliphatic heterocycles. The first-order chi connectivity index (χ1) is 21.1. The highest BCUT2D eigenvalue weighted by Crippen LogP contribution is 2.27. The zero-order valence-electron chi connectivity index (χ0n) is 26.7. The SMILES string of the molecule is CCCc1ccc(-c2ccc(COc3ccc(CCC(=O)O)c(C(=O)NC(CC(C)C)c4cc(C)cc(C)c4)c3)cc2)cc1. The number of hydrogen-bond donors (Lipinski definition) is 2. The highest BCUT2D eigenvalue weighted by atomic mass is 16.5. The summed E-state index contributed by atoms with van der Waals surface area (Å²) in [5.74, 6) is -0.189. The van der Waals surface area contributed by atoms with Gasteiger partial charge in [0.2, 0.25) is 0 Å². The number of ether oxygens (including phenoxy) is 1. The standard InChI is InChI=1S/C39H45NO4/c1-6-7-29-8-12-31(13-9-29)32-14-10-30(11-15-32)25-44-35-18-16-33(17-19-38(41)42)36(24-35)39(43)40-37(20-26(2)3)34-22-27(4)21-28(5)23-34/h8-16,18,21-24,26,37H,6-7,17,19-20,25H2,1-5H3,(H,40,43)(H,41,42). The predicted octanol–water partition coefficient (Wildman–Crippen LogP) is 9.04. The number of carbonyl (C=O) groups is 2. The zero-order chi connectivity index (χ0) is 31.6. The molecule has 0 heterocycles. The van der Waals surface area contributed by atoms with E-state index in [1.807, 2.05) is 12.1 Å². The van der Waals surface area contributed by atoms with Crippen molar-refractivity contribution < 1.29 is 19.4 Å². The highest BCUT2D eigenvalue weighted by Gasteiger charge is 2.21. The van der Waals surface area contributed by atoms with Gasteiger partial charge in [-0.1, -0.05) is 111 Å². The molecule has 4 rings (SSSR count). The van der Waals surface area contributed by atoms with Crippen molar-refractivity contribution in [2.75, 3.05) is 0 Å². The van der Waals surface area contributed by atoms with Crippen molar-refractivity contribution in [3.05, 3.63) is 124 Å². The Balaban J connectivity index is 1.51. The van der Waals surface area contributed by atoms with Crippen LogP contribution in [0, 0.1) is 19.8 Å². The lowest BCUT2D eigenvalue weighted by Gasteiger charge is -2.23. The van der Waals surface area contributed by atoms with E-state index in [4.69, 9.17) is 4.74 Å². The fourth-order valence-electron chi connectivity index (χ4n) is 5.63. The van der Waals surface area contributed by atoms with Crippen LogP contribution in [0.25, 0.3) is 11.1 Å². The lowest BCUT2D eigenvalue weighted by atomic mass is 9.93. The van der Waals surface area contributed by atoms with Crippen molar-refractivity contribution in [2.24, 2.45) is 5.92 Å². The van der Waals surface area contributed by atoms with Crippen molar-refractivity contribution in [3.63, 3.8) is 0 Å².